The molecule has 19 heavy (non-hydrogen) atoms. The number of rotatable bonds is 4. The lowest BCUT2D eigenvalue weighted by Gasteiger charge is -2.10. The lowest BCUT2D eigenvalue weighted by Crippen LogP contribution is -2.27. The number of carboxylic acid groups (broad SMARTS) is 1. The zero-order chi connectivity index (χ0) is 14.8. The largest absolute Gasteiger partial charge is 0.478 e. The first-order valence-corrected chi connectivity index (χ1v) is 7.60. The van der Waals surface area contributed by atoms with Crippen LogP contribution in [0.3, 0.4) is 0 Å². The Morgan fingerprint density at radius 1 is 1.37 bits per heavy atom. The molecule has 1 amide bonds. The van der Waals surface area contributed by atoms with Gasteiger partial charge in [-0.1, -0.05) is 15.9 Å². The molecule has 1 aromatic rings. The van der Waals surface area contributed by atoms with Gasteiger partial charge in [0, 0.05) is 11.5 Å². The topological polar surface area (TPSA) is 101 Å². The maximum Gasteiger partial charge on any atom is 0.335 e. The molecule has 6 nitrogen and oxygen atoms in total. The molecule has 0 atom stereocenters. The molecule has 1 rings (SSSR count). The summed E-state index contributed by atoms with van der Waals surface area (Å²) < 4.78 is 24.5. The smallest absolute Gasteiger partial charge is 0.335 e. The minimum Gasteiger partial charge on any atom is -0.478 e. The number of benzene rings is 1. The van der Waals surface area contributed by atoms with E-state index in [9.17, 15) is 18.0 Å². The number of amides is 1. The van der Waals surface area contributed by atoms with Gasteiger partial charge in [-0.3, -0.25) is 4.79 Å². The molecule has 0 unspecified atom stereocenters. The van der Waals surface area contributed by atoms with E-state index in [4.69, 9.17) is 5.11 Å². The Balaban J connectivity index is 3.41. The van der Waals surface area contributed by atoms with Crippen LogP contribution in [0.15, 0.2) is 21.5 Å². The zero-order valence-electron chi connectivity index (χ0n) is 10.2. The van der Waals surface area contributed by atoms with E-state index in [0.29, 0.717) is 10.0 Å². The average Bonchev–Trinajstić information content (AvgIpc) is 2.31. The molecule has 0 spiro atoms. The second-order valence-corrected chi connectivity index (χ2v) is 6.63. The third-order valence-corrected chi connectivity index (χ3v) is 5.04. The lowest BCUT2D eigenvalue weighted by atomic mass is 10.1. The van der Waals surface area contributed by atoms with Gasteiger partial charge in [0.2, 0.25) is 5.91 Å². The normalized spacial score (nSPS) is 11.1. The van der Waals surface area contributed by atoms with Crippen LogP contribution < -0.4 is 5.32 Å². The van der Waals surface area contributed by atoms with E-state index in [0.717, 1.165) is 6.07 Å². The number of hydrogen-bond donors (Lipinski definition) is 2. The molecule has 0 saturated heterocycles. The molecular formula is C11H12BrNO5S. The number of sulfone groups is 1. The Kier molecular flexibility index (Phi) is 4.70. The second-order valence-electron chi connectivity index (χ2n) is 3.82. The van der Waals surface area contributed by atoms with Crippen molar-refractivity contribution >= 4 is 37.6 Å². The van der Waals surface area contributed by atoms with Crippen LogP contribution in [0.25, 0.3) is 0 Å². The van der Waals surface area contributed by atoms with Crippen LogP contribution in [0.5, 0.6) is 0 Å². The molecule has 104 valence electrons. The summed E-state index contributed by atoms with van der Waals surface area (Å²) in [5.74, 6) is -2.62. The molecule has 0 fully saturated rings. The van der Waals surface area contributed by atoms with E-state index < -0.39 is 27.5 Å². The number of hydrogen-bond acceptors (Lipinski definition) is 4. The third kappa shape index (κ3) is 3.54. The van der Waals surface area contributed by atoms with Crippen LogP contribution in [0.1, 0.15) is 15.9 Å². The van der Waals surface area contributed by atoms with E-state index in [1.807, 2.05) is 0 Å². The quantitative estimate of drug-likeness (QED) is 0.843. The SMILES string of the molecule is CNC(=O)CS(=O)(=O)c1cc(C(=O)O)cc(Br)c1C. The fourth-order valence-corrected chi connectivity index (χ4v) is 3.54. The highest BCUT2D eigenvalue weighted by Crippen LogP contribution is 2.26. The van der Waals surface area contributed by atoms with E-state index in [-0.39, 0.29) is 10.5 Å². The van der Waals surface area contributed by atoms with Gasteiger partial charge in [0.25, 0.3) is 0 Å². The van der Waals surface area contributed by atoms with Crippen molar-refractivity contribution in [3.05, 3.63) is 27.7 Å². The van der Waals surface area contributed by atoms with Crippen molar-refractivity contribution in [2.75, 3.05) is 12.8 Å². The first-order chi connectivity index (χ1) is 8.69. The number of halogens is 1. The van der Waals surface area contributed by atoms with Crippen LogP contribution in [0, 0.1) is 6.92 Å². The average molecular weight is 350 g/mol. The van der Waals surface area contributed by atoms with Gasteiger partial charge in [0.15, 0.2) is 9.84 Å². The highest BCUT2D eigenvalue weighted by molar-refractivity contribution is 9.10. The van der Waals surface area contributed by atoms with Gasteiger partial charge in [-0.15, -0.1) is 0 Å². The van der Waals surface area contributed by atoms with Crippen molar-refractivity contribution in [3.63, 3.8) is 0 Å². The molecule has 8 heteroatoms. The summed E-state index contributed by atoms with van der Waals surface area (Å²) in [7, 11) is -2.56. The number of nitrogens with one attached hydrogen (secondary N) is 1. The Morgan fingerprint density at radius 3 is 2.42 bits per heavy atom. The van der Waals surface area contributed by atoms with Gasteiger partial charge in [0.1, 0.15) is 5.75 Å². The highest BCUT2D eigenvalue weighted by atomic mass is 79.9. The molecule has 0 aliphatic carbocycles. The standard InChI is InChI=1S/C11H12BrNO5S/c1-6-8(12)3-7(11(15)16)4-9(6)19(17,18)5-10(14)13-2/h3-4H,5H2,1-2H3,(H,13,14)(H,15,16). The molecule has 0 bridgehead atoms. The van der Waals surface area contributed by atoms with Gasteiger partial charge in [-0.25, -0.2) is 13.2 Å². The maximum atomic E-state index is 12.1. The van der Waals surface area contributed by atoms with E-state index in [2.05, 4.69) is 21.2 Å². The van der Waals surface area contributed by atoms with Crippen LogP contribution in [-0.4, -0.2) is 38.2 Å². The van der Waals surface area contributed by atoms with Gasteiger partial charge in [-0.2, -0.15) is 0 Å². The first kappa shape index (κ1) is 15.6. The summed E-state index contributed by atoms with van der Waals surface area (Å²) in [6.45, 7) is 1.53. The van der Waals surface area contributed by atoms with Gasteiger partial charge in [-0.05, 0) is 24.6 Å². The number of carbonyl (C=O) groups is 2. The van der Waals surface area contributed by atoms with Crippen molar-refractivity contribution in [3.8, 4) is 0 Å². The summed E-state index contributed by atoms with van der Waals surface area (Å²) in [6.07, 6.45) is 0. The lowest BCUT2D eigenvalue weighted by molar-refractivity contribution is -0.118. The summed E-state index contributed by atoms with van der Waals surface area (Å²) in [4.78, 5) is 22.0. The molecule has 0 radical (unpaired) electrons. The molecule has 0 saturated carbocycles. The molecular weight excluding hydrogens is 338 g/mol. The monoisotopic (exact) mass is 349 g/mol. The predicted octanol–water partition coefficient (Wildman–Crippen LogP) is 0.975. The summed E-state index contributed by atoms with van der Waals surface area (Å²) in [6, 6.07) is 2.37. The molecule has 1 aromatic carbocycles. The molecule has 0 aromatic heterocycles. The third-order valence-electron chi connectivity index (χ3n) is 2.48. The molecule has 0 heterocycles. The Hall–Kier alpha value is -1.41. The highest BCUT2D eigenvalue weighted by Gasteiger charge is 2.23. The van der Waals surface area contributed by atoms with Crippen LogP contribution in [0.4, 0.5) is 0 Å². The van der Waals surface area contributed by atoms with Crippen molar-refractivity contribution in [1.29, 1.82) is 0 Å². The number of carboxylic acids is 1. The van der Waals surface area contributed by atoms with Crippen LogP contribution in [0.2, 0.25) is 0 Å². The summed E-state index contributed by atoms with van der Waals surface area (Å²) in [5, 5.41) is 11.1. The van der Waals surface area contributed by atoms with Gasteiger partial charge in [0.05, 0.1) is 10.5 Å². The van der Waals surface area contributed by atoms with Crippen LogP contribution in [-0.2, 0) is 14.6 Å². The molecule has 0 aliphatic heterocycles. The molecule has 2 N–H and O–H groups in total. The minimum atomic E-state index is -3.89. The Bertz CT molecular complexity index is 639. The van der Waals surface area contributed by atoms with Crippen molar-refractivity contribution in [2.24, 2.45) is 0 Å². The zero-order valence-corrected chi connectivity index (χ0v) is 12.6. The van der Waals surface area contributed by atoms with Crippen LogP contribution >= 0.6 is 15.9 Å². The minimum absolute atomic E-state index is 0.159. The number of carbonyl (C=O) groups excluding carboxylic acids is 1. The van der Waals surface area contributed by atoms with Crippen molar-refractivity contribution < 1.29 is 23.1 Å². The summed E-state index contributed by atoms with van der Waals surface area (Å²) >= 11 is 3.11. The number of aromatic carboxylic acids is 1. The van der Waals surface area contributed by atoms with E-state index >= 15 is 0 Å². The van der Waals surface area contributed by atoms with Crippen molar-refractivity contribution in [2.45, 2.75) is 11.8 Å². The van der Waals surface area contributed by atoms with Crippen molar-refractivity contribution in [1.82, 2.24) is 5.32 Å². The molecule has 0 aliphatic rings. The van der Waals surface area contributed by atoms with E-state index in [1.165, 1.54) is 20.0 Å². The summed E-state index contributed by atoms with van der Waals surface area (Å²) in [5.41, 5.74) is 0.210. The fraction of sp³-hybridized carbons (Fsp3) is 0.273. The maximum absolute atomic E-state index is 12.1. The first-order valence-electron chi connectivity index (χ1n) is 5.16. The Labute approximate surface area is 118 Å². The van der Waals surface area contributed by atoms with Gasteiger partial charge < -0.3 is 10.4 Å². The Morgan fingerprint density at radius 2 is 1.95 bits per heavy atom. The fourth-order valence-electron chi connectivity index (χ4n) is 1.42. The second kappa shape index (κ2) is 5.70. The van der Waals surface area contributed by atoms with E-state index in [1.54, 1.807) is 0 Å². The van der Waals surface area contributed by atoms with Gasteiger partial charge >= 0.3 is 5.97 Å². The predicted molar refractivity (Wildman–Crippen MR) is 72.0 cm³/mol.